The lowest BCUT2D eigenvalue weighted by atomic mass is 9.97. The van der Waals surface area contributed by atoms with Gasteiger partial charge in [-0.3, -0.25) is 4.79 Å². The molecule has 10 nitrogen and oxygen atoms in total. The van der Waals surface area contributed by atoms with E-state index in [4.69, 9.17) is 14.6 Å². The van der Waals surface area contributed by atoms with Gasteiger partial charge < -0.3 is 24.8 Å². The number of likely N-dealkylation sites (tertiary alicyclic amines) is 1. The summed E-state index contributed by atoms with van der Waals surface area (Å²) in [5, 5.41) is 16.4. The molecule has 4 rings (SSSR count). The molecule has 2 N–H and O–H groups in total. The standard InChI is InChI=1S/C23H27N5O5/c1-32-19-8-7-18(14-24-19)25-22(29)21-17(15-28(26-21)20-4-2-3-13-33-20)6-5-16-9-11-27(12-10-16)23(30)31/h7-8,14-16,20H,2-4,9-13H2,1H3,(H,25,29)(H,30,31). The van der Waals surface area contributed by atoms with Crippen LogP contribution >= 0.6 is 0 Å². The number of piperidine rings is 1. The molecule has 33 heavy (non-hydrogen) atoms. The summed E-state index contributed by atoms with van der Waals surface area (Å²) in [7, 11) is 1.52. The quantitative estimate of drug-likeness (QED) is 0.683. The molecule has 4 heterocycles. The number of anilines is 1. The fraction of sp³-hybridized carbons (Fsp3) is 0.478. The summed E-state index contributed by atoms with van der Waals surface area (Å²) in [6, 6.07) is 3.36. The molecule has 0 spiro atoms. The molecule has 2 aliphatic heterocycles. The molecule has 0 saturated carbocycles. The Morgan fingerprint density at radius 1 is 1.24 bits per heavy atom. The van der Waals surface area contributed by atoms with Crippen LogP contribution in [0.25, 0.3) is 0 Å². The van der Waals surface area contributed by atoms with E-state index >= 15 is 0 Å². The minimum Gasteiger partial charge on any atom is -0.481 e. The second kappa shape index (κ2) is 10.4. The zero-order valence-electron chi connectivity index (χ0n) is 18.5. The SMILES string of the molecule is COc1ccc(NC(=O)c2nn(C3CCCCO3)cc2C#CC2CCN(C(=O)O)CC2)cn1. The number of hydrogen-bond donors (Lipinski definition) is 2. The van der Waals surface area contributed by atoms with Gasteiger partial charge in [0.2, 0.25) is 5.88 Å². The molecule has 0 aromatic carbocycles. The lowest BCUT2D eigenvalue weighted by Crippen LogP contribution is -2.37. The molecule has 2 aromatic heterocycles. The van der Waals surface area contributed by atoms with Gasteiger partial charge in [0.15, 0.2) is 5.69 Å². The van der Waals surface area contributed by atoms with Crippen molar-refractivity contribution < 1.29 is 24.2 Å². The van der Waals surface area contributed by atoms with Crippen LogP contribution in [0.4, 0.5) is 10.5 Å². The number of pyridine rings is 1. The third-order valence-electron chi connectivity index (χ3n) is 5.78. The summed E-state index contributed by atoms with van der Waals surface area (Å²) in [6.07, 6.45) is 6.35. The lowest BCUT2D eigenvalue weighted by molar-refractivity contribution is -0.0396. The van der Waals surface area contributed by atoms with E-state index in [1.54, 1.807) is 23.0 Å². The van der Waals surface area contributed by atoms with Gasteiger partial charge >= 0.3 is 6.09 Å². The Hall–Kier alpha value is -3.58. The summed E-state index contributed by atoms with van der Waals surface area (Å²) >= 11 is 0. The Kier molecular flexibility index (Phi) is 7.10. The number of carboxylic acid groups (broad SMARTS) is 1. The fourth-order valence-corrected chi connectivity index (χ4v) is 3.89. The molecule has 0 radical (unpaired) electrons. The molecule has 2 fully saturated rings. The molecule has 1 unspecified atom stereocenters. The van der Waals surface area contributed by atoms with Gasteiger partial charge in [-0.2, -0.15) is 5.10 Å². The number of aromatic nitrogens is 3. The highest BCUT2D eigenvalue weighted by Crippen LogP contribution is 2.24. The Morgan fingerprint density at radius 3 is 2.70 bits per heavy atom. The van der Waals surface area contributed by atoms with Crippen LogP contribution in [0.3, 0.4) is 0 Å². The Labute approximate surface area is 191 Å². The molecule has 1 atom stereocenters. The van der Waals surface area contributed by atoms with Gasteiger partial charge in [-0.15, -0.1) is 0 Å². The molecule has 174 valence electrons. The van der Waals surface area contributed by atoms with Crippen molar-refractivity contribution in [2.75, 3.05) is 32.1 Å². The first-order valence-electron chi connectivity index (χ1n) is 11.0. The first kappa shape index (κ1) is 22.6. The van der Waals surface area contributed by atoms with Crippen LogP contribution in [-0.4, -0.2) is 63.6 Å². The van der Waals surface area contributed by atoms with E-state index in [9.17, 15) is 9.59 Å². The average molecular weight is 453 g/mol. The van der Waals surface area contributed by atoms with Gasteiger partial charge in [0.1, 0.15) is 6.23 Å². The van der Waals surface area contributed by atoms with Crippen LogP contribution in [0.1, 0.15) is 54.4 Å². The van der Waals surface area contributed by atoms with E-state index in [1.807, 2.05) is 0 Å². The van der Waals surface area contributed by atoms with Crippen molar-refractivity contribution in [3.05, 3.63) is 35.8 Å². The van der Waals surface area contributed by atoms with Crippen molar-refractivity contribution in [2.45, 2.75) is 38.3 Å². The van der Waals surface area contributed by atoms with E-state index in [-0.39, 0.29) is 23.7 Å². The van der Waals surface area contributed by atoms with Crippen LogP contribution in [0, 0.1) is 17.8 Å². The van der Waals surface area contributed by atoms with Crippen molar-refractivity contribution in [3.63, 3.8) is 0 Å². The van der Waals surface area contributed by atoms with Crippen molar-refractivity contribution in [1.29, 1.82) is 0 Å². The smallest absolute Gasteiger partial charge is 0.407 e. The molecule has 2 aliphatic rings. The maximum atomic E-state index is 13.0. The number of hydrogen-bond acceptors (Lipinski definition) is 6. The second-order valence-corrected chi connectivity index (χ2v) is 8.05. The molecule has 10 heteroatoms. The number of amides is 2. The van der Waals surface area contributed by atoms with E-state index in [0.717, 1.165) is 19.3 Å². The number of carbonyl (C=O) groups excluding carboxylic acids is 1. The topological polar surface area (TPSA) is 119 Å². The van der Waals surface area contributed by atoms with Gasteiger partial charge in [0.25, 0.3) is 5.91 Å². The predicted molar refractivity (Wildman–Crippen MR) is 119 cm³/mol. The van der Waals surface area contributed by atoms with Gasteiger partial charge in [-0.05, 0) is 38.2 Å². The number of nitrogens with one attached hydrogen (secondary N) is 1. The van der Waals surface area contributed by atoms with Gasteiger partial charge in [-0.1, -0.05) is 11.8 Å². The number of rotatable bonds is 4. The molecule has 2 amide bonds. The van der Waals surface area contributed by atoms with E-state index in [1.165, 1.54) is 18.2 Å². The van der Waals surface area contributed by atoms with E-state index < -0.39 is 6.09 Å². The van der Waals surface area contributed by atoms with E-state index in [0.29, 0.717) is 49.7 Å². The largest absolute Gasteiger partial charge is 0.481 e. The summed E-state index contributed by atoms with van der Waals surface area (Å²) in [5.41, 5.74) is 1.25. The van der Waals surface area contributed by atoms with Gasteiger partial charge in [-0.25, -0.2) is 14.5 Å². The predicted octanol–water partition coefficient (Wildman–Crippen LogP) is 2.98. The summed E-state index contributed by atoms with van der Waals surface area (Å²) in [6.45, 7) is 1.58. The van der Waals surface area contributed by atoms with Crippen LogP contribution in [0.5, 0.6) is 5.88 Å². The third-order valence-corrected chi connectivity index (χ3v) is 5.78. The minimum absolute atomic E-state index is 0.0663. The summed E-state index contributed by atoms with van der Waals surface area (Å²) in [4.78, 5) is 29.6. The average Bonchev–Trinajstić information content (AvgIpc) is 3.28. The number of nitrogens with zero attached hydrogens (tertiary/aromatic N) is 4. The van der Waals surface area contributed by atoms with Crippen LogP contribution in [0.2, 0.25) is 0 Å². The van der Waals surface area contributed by atoms with Crippen LogP contribution in [-0.2, 0) is 4.74 Å². The summed E-state index contributed by atoms with van der Waals surface area (Å²) in [5.74, 6) is 6.47. The maximum Gasteiger partial charge on any atom is 0.407 e. The normalized spacial score (nSPS) is 18.8. The summed E-state index contributed by atoms with van der Waals surface area (Å²) < 4.78 is 12.5. The molecular formula is C23H27N5O5. The minimum atomic E-state index is -0.901. The zero-order chi connectivity index (χ0) is 23.2. The number of methoxy groups -OCH3 is 1. The maximum absolute atomic E-state index is 13.0. The molecule has 2 saturated heterocycles. The Bertz CT molecular complexity index is 1040. The molecule has 0 aliphatic carbocycles. The van der Waals surface area contributed by atoms with Gasteiger partial charge in [0.05, 0.1) is 24.6 Å². The second-order valence-electron chi connectivity index (χ2n) is 8.05. The molecule has 2 aromatic rings. The highest BCUT2D eigenvalue weighted by Gasteiger charge is 2.24. The third kappa shape index (κ3) is 5.62. The number of ether oxygens (including phenoxy) is 2. The van der Waals surface area contributed by atoms with Crippen molar-refractivity contribution in [2.24, 2.45) is 5.92 Å². The van der Waals surface area contributed by atoms with Crippen molar-refractivity contribution in [1.82, 2.24) is 19.7 Å². The lowest BCUT2D eigenvalue weighted by Gasteiger charge is -2.27. The van der Waals surface area contributed by atoms with E-state index in [2.05, 4.69) is 27.2 Å². The van der Waals surface area contributed by atoms with Crippen molar-refractivity contribution >= 4 is 17.7 Å². The Morgan fingerprint density at radius 2 is 2.06 bits per heavy atom. The highest BCUT2D eigenvalue weighted by atomic mass is 16.5. The number of carbonyl (C=O) groups is 2. The van der Waals surface area contributed by atoms with Crippen LogP contribution in [0.15, 0.2) is 24.5 Å². The fourth-order valence-electron chi connectivity index (χ4n) is 3.89. The first-order valence-corrected chi connectivity index (χ1v) is 11.0. The van der Waals surface area contributed by atoms with Gasteiger partial charge in [0, 0.05) is 37.9 Å². The zero-order valence-corrected chi connectivity index (χ0v) is 18.5. The monoisotopic (exact) mass is 453 g/mol. The molecule has 0 bridgehead atoms. The van der Waals surface area contributed by atoms with Crippen LogP contribution < -0.4 is 10.1 Å². The highest BCUT2D eigenvalue weighted by molar-refractivity contribution is 6.04. The first-order chi connectivity index (χ1) is 16.0. The molecular weight excluding hydrogens is 426 g/mol. The van der Waals surface area contributed by atoms with Crippen molar-refractivity contribution in [3.8, 4) is 17.7 Å². The Balaban J connectivity index is 1.54.